The van der Waals surface area contributed by atoms with Gasteiger partial charge < -0.3 is 10.2 Å². The number of hydrogen-bond donors (Lipinski definition) is 1. The lowest BCUT2D eigenvalue weighted by Gasteiger charge is -2.19. The molecule has 0 aliphatic rings. The minimum atomic E-state index is -0.324. The Morgan fingerprint density at radius 3 is 2.67 bits per heavy atom. The second kappa shape index (κ2) is 8.75. The summed E-state index contributed by atoms with van der Waals surface area (Å²) in [7, 11) is 0. The fraction of sp³-hybridized carbons (Fsp3) is 0.438. The Hall–Kier alpha value is -2.35. The van der Waals surface area contributed by atoms with Gasteiger partial charge in [-0.3, -0.25) is 9.78 Å². The molecule has 21 heavy (non-hydrogen) atoms. The summed E-state index contributed by atoms with van der Waals surface area (Å²) in [6.45, 7) is 7.23. The lowest BCUT2D eigenvalue weighted by Crippen LogP contribution is -2.32. The summed E-state index contributed by atoms with van der Waals surface area (Å²) >= 11 is 0. The number of hydrogen-bond acceptors (Lipinski definition) is 4. The monoisotopic (exact) mass is 286 g/mol. The van der Waals surface area contributed by atoms with E-state index < -0.39 is 0 Å². The molecule has 1 N–H and O–H groups in total. The molecule has 5 heteroatoms. The van der Waals surface area contributed by atoms with Gasteiger partial charge in [0.2, 0.25) is 0 Å². The number of nitrogens with one attached hydrogen (secondary N) is 1. The maximum Gasteiger partial charge on any atom is 0.263 e. The van der Waals surface area contributed by atoms with E-state index in [4.69, 9.17) is 5.26 Å². The largest absolute Gasteiger partial charge is 0.376 e. The summed E-state index contributed by atoms with van der Waals surface area (Å²) in [6, 6.07) is 5.92. The number of amides is 1. The number of carbonyl (C=O) groups is 1. The van der Waals surface area contributed by atoms with Crippen LogP contribution in [0.15, 0.2) is 36.3 Å². The molecule has 0 aromatic carbocycles. The van der Waals surface area contributed by atoms with Crippen LogP contribution in [0, 0.1) is 11.3 Å². The van der Waals surface area contributed by atoms with Crippen LogP contribution in [0.1, 0.15) is 26.3 Å². The first-order valence-corrected chi connectivity index (χ1v) is 7.12. The minimum absolute atomic E-state index is 0.0149. The van der Waals surface area contributed by atoms with Crippen molar-refractivity contribution in [3.63, 3.8) is 0 Å². The predicted molar refractivity (Wildman–Crippen MR) is 82.2 cm³/mol. The minimum Gasteiger partial charge on any atom is -0.376 e. The number of nitriles is 1. The molecule has 0 saturated carbocycles. The van der Waals surface area contributed by atoms with E-state index >= 15 is 0 Å². The number of rotatable bonds is 7. The van der Waals surface area contributed by atoms with Crippen LogP contribution in [0.3, 0.4) is 0 Å². The second-order valence-corrected chi connectivity index (χ2v) is 5.02. The van der Waals surface area contributed by atoms with Crippen LogP contribution in [0.25, 0.3) is 0 Å². The van der Waals surface area contributed by atoms with Gasteiger partial charge in [-0.05, 0) is 44.9 Å². The van der Waals surface area contributed by atoms with Crippen molar-refractivity contribution in [1.82, 2.24) is 15.2 Å². The van der Waals surface area contributed by atoms with E-state index in [0.29, 0.717) is 0 Å². The molecule has 0 aliphatic carbocycles. The lowest BCUT2D eigenvalue weighted by molar-refractivity contribution is -0.117. The van der Waals surface area contributed by atoms with Gasteiger partial charge in [0.15, 0.2) is 0 Å². The maximum atomic E-state index is 11.9. The first kappa shape index (κ1) is 16.7. The summed E-state index contributed by atoms with van der Waals surface area (Å²) in [6.07, 6.45) is 6.01. The van der Waals surface area contributed by atoms with E-state index in [0.717, 1.165) is 19.5 Å². The Bertz CT molecular complexity index is 517. The van der Waals surface area contributed by atoms with Crippen molar-refractivity contribution in [2.24, 2.45) is 0 Å². The zero-order valence-corrected chi connectivity index (χ0v) is 12.8. The molecule has 5 nitrogen and oxygen atoms in total. The van der Waals surface area contributed by atoms with Crippen molar-refractivity contribution in [2.45, 2.75) is 33.2 Å². The topological polar surface area (TPSA) is 69.0 Å². The van der Waals surface area contributed by atoms with Gasteiger partial charge in [-0.1, -0.05) is 0 Å². The molecular formula is C16H22N4O. The van der Waals surface area contributed by atoms with E-state index in [9.17, 15) is 4.79 Å². The smallest absolute Gasteiger partial charge is 0.263 e. The van der Waals surface area contributed by atoms with Crippen molar-refractivity contribution < 1.29 is 4.79 Å². The summed E-state index contributed by atoms with van der Waals surface area (Å²) in [5, 5.41) is 11.9. The Kier molecular flexibility index (Phi) is 6.96. The first-order chi connectivity index (χ1) is 10.1. The molecule has 0 radical (unpaired) electrons. The zero-order chi connectivity index (χ0) is 15.7. The van der Waals surface area contributed by atoms with Crippen molar-refractivity contribution in [2.75, 3.05) is 13.1 Å². The molecule has 1 heterocycles. The molecular weight excluding hydrogens is 264 g/mol. The zero-order valence-electron chi connectivity index (χ0n) is 12.8. The van der Waals surface area contributed by atoms with Crippen molar-refractivity contribution >= 4 is 5.91 Å². The van der Waals surface area contributed by atoms with Crippen molar-refractivity contribution in [1.29, 1.82) is 5.26 Å². The summed E-state index contributed by atoms with van der Waals surface area (Å²) < 4.78 is 0. The van der Waals surface area contributed by atoms with Crippen LogP contribution in [0.5, 0.6) is 0 Å². The van der Waals surface area contributed by atoms with Crippen molar-refractivity contribution in [3.05, 3.63) is 41.9 Å². The molecule has 0 bridgehead atoms. The average Bonchev–Trinajstić information content (AvgIpc) is 2.48. The Morgan fingerprint density at radius 1 is 1.48 bits per heavy atom. The number of likely N-dealkylation sites (N-methyl/N-ethyl adjacent to an activating group) is 1. The normalized spacial score (nSPS) is 11.1. The van der Waals surface area contributed by atoms with Gasteiger partial charge in [-0.25, -0.2) is 0 Å². The van der Waals surface area contributed by atoms with Gasteiger partial charge in [0.05, 0.1) is 0 Å². The highest BCUT2D eigenvalue weighted by Crippen LogP contribution is 2.03. The van der Waals surface area contributed by atoms with E-state index in [2.05, 4.69) is 10.3 Å². The number of carbonyl (C=O) groups excluding carboxylic acids is 1. The molecule has 1 aromatic heterocycles. The van der Waals surface area contributed by atoms with Crippen LogP contribution in [-0.2, 0) is 11.2 Å². The SMILES string of the molecule is CCN(/C=C(/C#N)C(=O)NC(C)C)CCc1ccncc1. The fourth-order valence-corrected chi connectivity index (χ4v) is 1.80. The molecule has 0 unspecified atom stereocenters. The highest BCUT2D eigenvalue weighted by molar-refractivity contribution is 5.97. The Morgan fingerprint density at radius 2 is 2.14 bits per heavy atom. The van der Waals surface area contributed by atoms with Gasteiger partial charge in [-0.15, -0.1) is 0 Å². The first-order valence-electron chi connectivity index (χ1n) is 7.12. The van der Waals surface area contributed by atoms with Gasteiger partial charge in [0.1, 0.15) is 11.6 Å². The second-order valence-electron chi connectivity index (χ2n) is 5.02. The number of aromatic nitrogens is 1. The van der Waals surface area contributed by atoms with Crippen LogP contribution in [0.2, 0.25) is 0 Å². The van der Waals surface area contributed by atoms with Gasteiger partial charge in [0, 0.05) is 37.7 Å². The van der Waals surface area contributed by atoms with E-state index in [1.54, 1.807) is 18.6 Å². The molecule has 0 aliphatic heterocycles. The predicted octanol–water partition coefficient (Wildman–Crippen LogP) is 1.88. The molecule has 0 spiro atoms. The fourth-order valence-electron chi connectivity index (χ4n) is 1.80. The van der Waals surface area contributed by atoms with E-state index in [1.165, 1.54) is 5.56 Å². The van der Waals surface area contributed by atoms with E-state index in [1.807, 2.05) is 43.9 Å². The molecule has 0 fully saturated rings. The molecule has 1 amide bonds. The van der Waals surface area contributed by atoms with Gasteiger partial charge in [0.25, 0.3) is 5.91 Å². The van der Waals surface area contributed by atoms with E-state index in [-0.39, 0.29) is 17.5 Å². The number of nitrogens with zero attached hydrogens (tertiary/aromatic N) is 3. The van der Waals surface area contributed by atoms with Crippen LogP contribution in [-0.4, -0.2) is 34.9 Å². The summed E-state index contributed by atoms with van der Waals surface area (Å²) in [4.78, 5) is 17.8. The summed E-state index contributed by atoms with van der Waals surface area (Å²) in [5.74, 6) is -0.324. The molecule has 1 aromatic rings. The van der Waals surface area contributed by atoms with Crippen molar-refractivity contribution in [3.8, 4) is 6.07 Å². The van der Waals surface area contributed by atoms with Gasteiger partial charge in [-0.2, -0.15) is 5.26 Å². The third-order valence-corrected chi connectivity index (χ3v) is 2.94. The standard InChI is InChI=1S/C16H22N4O/c1-4-20(10-7-14-5-8-18-9-6-14)12-15(11-17)16(21)19-13(2)3/h5-6,8-9,12-13H,4,7,10H2,1-3H3,(H,19,21)/b15-12-. The average molecular weight is 286 g/mol. The Balaban J connectivity index is 2.67. The third kappa shape index (κ3) is 6.09. The lowest BCUT2D eigenvalue weighted by atomic mass is 10.2. The highest BCUT2D eigenvalue weighted by Gasteiger charge is 2.11. The quantitative estimate of drug-likeness (QED) is 0.614. The highest BCUT2D eigenvalue weighted by atomic mass is 16.1. The number of pyridine rings is 1. The molecule has 1 rings (SSSR count). The molecule has 112 valence electrons. The maximum absolute atomic E-state index is 11.9. The molecule has 0 saturated heterocycles. The molecule has 0 atom stereocenters. The van der Waals surface area contributed by atoms with Gasteiger partial charge >= 0.3 is 0 Å². The third-order valence-electron chi connectivity index (χ3n) is 2.94. The van der Waals surface area contributed by atoms with Crippen LogP contribution in [0.4, 0.5) is 0 Å². The Labute approximate surface area is 126 Å². The van der Waals surface area contributed by atoms with Crippen LogP contribution >= 0.6 is 0 Å². The van der Waals surface area contributed by atoms with Crippen LogP contribution < -0.4 is 5.32 Å². The summed E-state index contributed by atoms with van der Waals surface area (Å²) in [5.41, 5.74) is 1.32.